The van der Waals surface area contributed by atoms with Gasteiger partial charge < -0.3 is 25.0 Å². The van der Waals surface area contributed by atoms with Crippen LogP contribution in [-0.4, -0.2) is 57.4 Å². The van der Waals surface area contributed by atoms with Crippen LogP contribution in [0.3, 0.4) is 0 Å². The number of aliphatic imine (C=N–C) groups is 1. The molecule has 1 fully saturated rings. The van der Waals surface area contributed by atoms with E-state index in [1.165, 1.54) is 31.5 Å². The molecule has 2 aliphatic rings. The van der Waals surface area contributed by atoms with Crippen molar-refractivity contribution in [1.29, 1.82) is 0 Å². The lowest BCUT2D eigenvalue weighted by molar-refractivity contribution is 0.174. The van der Waals surface area contributed by atoms with Crippen LogP contribution in [0.1, 0.15) is 25.3 Å². The largest absolute Gasteiger partial charge is 0.454 e. The van der Waals surface area contributed by atoms with Gasteiger partial charge in [0.25, 0.3) is 0 Å². The van der Waals surface area contributed by atoms with Gasteiger partial charge in [-0.2, -0.15) is 0 Å². The van der Waals surface area contributed by atoms with E-state index in [0.717, 1.165) is 49.4 Å². The molecule has 0 aliphatic carbocycles. The maximum atomic E-state index is 5.42. The van der Waals surface area contributed by atoms with Crippen LogP contribution in [0.15, 0.2) is 23.2 Å². The number of rotatable bonds is 6. The third kappa shape index (κ3) is 6.19. The SMILES string of the molecule is CN=C(NCCc1ccc2c(c1)OCO2)NCCN1CCC(C)CC1.I. The van der Waals surface area contributed by atoms with E-state index < -0.39 is 0 Å². The van der Waals surface area contributed by atoms with E-state index in [-0.39, 0.29) is 24.0 Å². The highest BCUT2D eigenvalue weighted by Crippen LogP contribution is 2.32. The highest BCUT2D eigenvalue weighted by atomic mass is 127. The van der Waals surface area contributed by atoms with Crippen molar-refractivity contribution < 1.29 is 9.47 Å². The van der Waals surface area contributed by atoms with Crippen molar-refractivity contribution in [3.63, 3.8) is 0 Å². The summed E-state index contributed by atoms with van der Waals surface area (Å²) in [6, 6.07) is 6.12. The Bertz CT molecular complexity index is 589. The maximum absolute atomic E-state index is 5.42. The summed E-state index contributed by atoms with van der Waals surface area (Å²) in [4.78, 5) is 6.84. The number of fused-ring (bicyclic) bond motifs is 1. The number of nitrogens with zero attached hydrogens (tertiary/aromatic N) is 2. The molecule has 0 radical (unpaired) electrons. The van der Waals surface area contributed by atoms with Crippen LogP contribution in [0.4, 0.5) is 0 Å². The molecular weight excluding hydrogens is 443 g/mol. The van der Waals surface area contributed by atoms with Gasteiger partial charge in [0.15, 0.2) is 17.5 Å². The molecule has 1 aromatic carbocycles. The second-order valence-electron chi connectivity index (χ2n) is 6.89. The van der Waals surface area contributed by atoms with Crippen molar-refractivity contribution in [3.05, 3.63) is 23.8 Å². The number of halogens is 1. The zero-order chi connectivity index (χ0) is 17.5. The number of ether oxygens (including phenoxy) is 2. The van der Waals surface area contributed by atoms with E-state index in [4.69, 9.17) is 9.47 Å². The van der Waals surface area contributed by atoms with Crippen molar-refractivity contribution in [1.82, 2.24) is 15.5 Å². The normalized spacial score (nSPS) is 17.7. The maximum Gasteiger partial charge on any atom is 0.231 e. The molecule has 0 amide bonds. The highest BCUT2D eigenvalue weighted by Gasteiger charge is 2.15. The summed E-state index contributed by atoms with van der Waals surface area (Å²) in [7, 11) is 1.82. The summed E-state index contributed by atoms with van der Waals surface area (Å²) < 4.78 is 10.8. The molecule has 7 heteroatoms. The molecule has 2 aliphatic heterocycles. The summed E-state index contributed by atoms with van der Waals surface area (Å²) in [5.74, 6) is 3.43. The Morgan fingerprint density at radius 3 is 2.65 bits per heavy atom. The molecule has 0 aromatic heterocycles. The van der Waals surface area contributed by atoms with E-state index in [9.17, 15) is 0 Å². The third-order valence-corrected chi connectivity index (χ3v) is 4.96. The van der Waals surface area contributed by atoms with Gasteiger partial charge in [0, 0.05) is 26.7 Å². The minimum atomic E-state index is 0. The molecule has 0 atom stereocenters. The van der Waals surface area contributed by atoms with E-state index in [1.807, 2.05) is 13.1 Å². The van der Waals surface area contributed by atoms with Gasteiger partial charge in [0.05, 0.1) is 0 Å². The van der Waals surface area contributed by atoms with Crippen LogP contribution in [0.5, 0.6) is 11.5 Å². The van der Waals surface area contributed by atoms with Crippen molar-refractivity contribution in [2.45, 2.75) is 26.2 Å². The van der Waals surface area contributed by atoms with Crippen LogP contribution >= 0.6 is 24.0 Å². The molecule has 26 heavy (non-hydrogen) atoms. The molecule has 6 nitrogen and oxygen atoms in total. The lowest BCUT2D eigenvalue weighted by Gasteiger charge is -2.30. The minimum absolute atomic E-state index is 0. The fraction of sp³-hybridized carbons (Fsp3) is 0.632. The molecule has 2 heterocycles. The van der Waals surface area contributed by atoms with Crippen molar-refractivity contribution in [2.75, 3.05) is 46.6 Å². The van der Waals surface area contributed by atoms with Crippen molar-refractivity contribution in [3.8, 4) is 11.5 Å². The summed E-state index contributed by atoms with van der Waals surface area (Å²) in [5.41, 5.74) is 1.23. The van der Waals surface area contributed by atoms with Crippen LogP contribution in [0.2, 0.25) is 0 Å². The molecule has 0 unspecified atom stereocenters. The Morgan fingerprint density at radius 1 is 1.15 bits per heavy atom. The smallest absolute Gasteiger partial charge is 0.231 e. The summed E-state index contributed by atoms with van der Waals surface area (Å²) in [6.07, 6.45) is 3.56. The van der Waals surface area contributed by atoms with Crippen molar-refractivity contribution in [2.24, 2.45) is 10.9 Å². The molecule has 3 rings (SSSR count). The predicted octanol–water partition coefficient (Wildman–Crippen LogP) is 2.47. The standard InChI is InChI=1S/C19H30N4O2.HI/c1-15-6-10-23(11-7-15)12-9-22-19(20-2)21-8-5-16-3-4-17-18(13-16)25-14-24-17;/h3-4,13,15H,5-12,14H2,1-2H3,(H2,20,21,22);1H. The highest BCUT2D eigenvalue weighted by molar-refractivity contribution is 14.0. The number of likely N-dealkylation sites (tertiary alicyclic amines) is 1. The Labute approximate surface area is 173 Å². The second kappa shape index (κ2) is 10.8. The number of hydrogen-bond donors (Lipinski definition) is 2. The zero-order valence-corrected chi connectivity index (χ0v) is 18.1. The van der Waals surface area contributed by atoms with Gasteiger partial charge in [-0.1, -0.05) is 13.0 Å². The Morgan fingerprint density at radius 2 is 1.88 bits per heavy atom. The van der Waals surface area contributed by atoms with Crippen LogP contribution < -0.4 is 20.1 Å². The first-order valence-corrected chi connectivity index (χ1v) is 9.30. The van der Waals surface area contributed by atoms with E-state index in [1.54, 1.807) is 0 Å². The average molecular weight is 474 g/mol. The number of piperidine rings is 1. The number of guanidine groups is 1. The van der Waals surface area contributed by atoms with Crippen LogP contribution in [0.25, 0.3) is 0 Å². The first-order chi connectivity index (χ1) is 12.2. The second-order valence-corrected chi connectivity index (χ2v) is 6.89. The fourth-order valence-electron chi connectivity index (χ4n) is 3.26. The first-order valence-electron chi connectivity index (χ1n) is 9.30. The van der Waals surface area contributed by atoms with E-state index >= 15 is 0 Å². The predicted molar refractivity (Wildman–Crippen MR) is 116 cm³/mol. The number of hydrogen-bond acceptors (Lipinski definition) is 4. The lowest BCUT2D eigenvalue weighted by Crippen LogP contribution is -2.43. The molecule has 0 saturated carbocycles. The molecule has 0 spiro atoms. The van der Waals surface area contributed by atoms with Crippen molar-refractivity contribution >= 4 is 29.9 Å². The fourth-order valence-corrected chi connectivity index (χ4v) is 3.26. The number of nitrogens with one attached hydrogen (secondary N) is 2. The Balaban J connectivity index is 0.00000243. The number of benzene rings is 1. The van der Waals surface area contributed by atoms with Gasteiger partial charge in [-0.25, -0.2) is 0 Å². The van der Waals surface area contributed by atoms with E-state index in [2.05, 4.69) is 39.6 Å². The quantitative estimate of drug-likeness (QED) is 0.377. The zero-order valence-electron chi connectivity index (χ0n) is 15.8. The van der Waals surface area contributed by atoms with E-state index in [0.29, 0.717) is 6.79 Å². The summed E-state index contributed by atoms with van der Waals surface area (Å²) >= 11 is 0. The van der Waals surface area contributed by atoms with Gasteiger partial charge >= 0.3 is 0 Å². The van der Waals surface area contributed by atoms with Crippen LogP contribution in [0, 0.1) is 5.92 Å². The summed E-state index contributed by atoms with van der Waals surface area (Å²) in [6.45, 7) is 7.96. The first kappa shape index (κ1) is 21.1. The molecule has 146 valence electrons. The van der Waals surface area contributed by atoms with Gasteiger partial charge in [0.2, 0.25) is 6.79 Å². The lowest BCUT2D eigenvalue weighted by atomic mass is 9.99. The monoisotopic (exact) mass is 474 g/mol. The molecule has 0 bridgehead atoms. The Hall–Kier alpha value is -1.22. The van der Waals surface area contributed by atoms with Gasteiger partial charge in [0.1, 0.15) is 0 Å². The van der Waals surface area contributed by atoms with Gasteiger partial charge in [-0.3, -0.25) is 4.99 Å². The topological polar surface area (TPSA) is 58.1 Å². The Kier molecular flexibility index (Phi) is 8.77. The van der Waals surface area contributed by atoms with Crippen LogP contribution in [-0.2, 0) is 6.42 Å². The molecular formula is C19H31IN4O2. The van der Waals surface area contributed by atoms with Gasteiger partial charge in [-0.15, -0.1) is 24.0 Å². The van der Waals surface area contributed by atoms with Gasteiger partial charge in [-0.05, 0) is 56.0 Å². The minimum Gasteiger partial charge on any atom is -0.454 e. The third-order valence-electron chi connectivity index (χ3n) is 4.96. The molecule has 1 saturated heterocycles. The molecule has 2 N–H and O–H groups in total. The molecule has 1 aromatic rings. The average Bonchev–Trinajstić information content (AvgIpc) is 3.10. The summed E-state index contributed by atoms with van der Waals surface area (Å²) in [5, 5.41) is 6.79.